The highest BCUT2D eigenvalue weighted by Gasteiger charge is 2.06. The van der Waals surface area contributed by atoms with E-state index in [9.17, 15) is 0 Å². The molecule has 2 rings (SSSR count). The van der Waals surface area contributed by atoms with Crippen molar-refractivity contribution in [2.45, 2.75) is 46.3 Å². The van der Waals surface area contributed by atoms with Gasteiger partial charge in [0.2, 0.25) is 0 Å². The van der Waals surface area contributed by atoms with Crippen molar-refractivity contribution in [1.82, 2.24) is 10.3 Å². The van der Waals surface area contributed by atoms with Gasteiger partial charge in [0.1, 0.15) is 12.4 Å². The highest BCUT2D eigenvalue weighted by atomic mass is 32.1. The van der Waals surface area contributed by atoms with Crippen LogP contribution in [0.2, 0.25) is 0 Å². The van der Waals surface area contributed by atoms with Crippen LogP contribution in [0.4, 0.5) is 0 Å². The van der Waals surface area contributed by atoms with Crippen molar-refractivity contribution in [1.29, 1.82) is 0 Å². The first-order valence-corrected chi connectivity index (χ1v) is 8.50. The first-order valence-electron chi connectivity index (χ1n) is 7.62. The molecule has 0 aliphatic carbocycles. The van der Waals surface area contributed by atoms with Crippen molar-refractivity contribution in [3.8, 4) is 5.75 Å². The molecule has 0 amide bonds. The van der Waals surface area contributed by atoms with Gasteiger partial charge in [0, 0.05) is 11.4 Å². The van der Waals surface area contributed by atoms with Crippen molar-refractivity contribution in [2.24, 2.45) is 0 Å². The predicted octanol–water partition coefficient (Wildman–Crippen LogP) is 4.35. The quantitative estimate of drug-likeness (QED) is 0.787. The molecule has 1 aromatic heterocycles. The number of thiazole rings is 1. The Morgan fingerprint density at radius 3 is 2.95 bits per heavy atom. The first kappa shape index (κ1) is 16.0. The fourth-order valence-electron chi connectivity index (χ4n) is 2.20. The van der Waals surface area contributed by atoms with E-state index < -0.39 is 0 Å². The Morgan fingerprint density at radius 2 is 2.19 bits per heavy atom. The summed E-state index contributed by atoms with van der Waals surface area (Å²) >= 11 is 1.72. The number of ether oxygens (including phenoxy) is 1. The van der Waals surface area contributed by atoms with Gasteiger partial charge in [-0.05, 0) is 44.0 Å². The summed E-state index contributed by atoms with van der Waals surface area (Å²) in [5.74, 6) is 0.905. The maximum atomic E-state index is 5.87. The monoisotopic (exact) mass is 304 g/mol. The Labute approximate surface area is 131 Å². The molecule has 4 heteroatoms. The molecule has 21 heavy (non-hydrogen) atoms. The van der Waals surface area contributed by atoms with Crippen molar-refractivity contribution < 1.29 is 4.74 Å². The molecule has 1 unspecified atom stereocenters. The van der Waals surface area contributed by atoms with Crippen LogP contribution in [0, 0.1) is 0 Å². The second kappa shape index (κ2) is 8.15. The molecule has 114 valence electrons. The topological polar surface area (TPSA) is 34.1 Å². The highest BCUT2D eigenvalue weighted by molar-refractivity contribution is 7.09. The van der Waals surface area contributed by atoms with Crippen LogP contribution in [0.15, 0.2) is 29.6 Å². The largest absolute Gasteiger partial charge is 0.487 e. The fourth-order valence-corrected chi connectivity index (χ4v) is 3.08. The molecule has 0 spiro atoms. The molecular weight excluding hydrogens is 280 g/mol. The van der Waals surface area contributed by atoms with Crippen molar-refractivity contribution >= 4 is 11.3 Å². The van der Waals surface area contributed by atoms with Gasteiger partial charge in [0.15, 0.2) is 0 Å². The smallest absolute Gasteiger partial charge is 0.131 e. The molecule has 1 atom stereocenters. The maximum Gasteiger partial charge on any atom is 0.131 e. The summed E-state index contributed by atoms with van der Waals surface area (Å²) in [7, 11) is 0. The summed E-state index contributed by atoms with van der Waals surface area (Å²) in [5.41, 5.74) is 2.27. The molecule has 0 aliphatic heterocycles. The standard InChI is InChI=1S/C17H24N2OS/c1-4-7-17-19-15(12-21-17)11-20-16-9-6-8-14(10-16)13(3)18-5-2/h6,8-10,12-13,18H,4-5,7,11H2,1-3H3. The van der Waals surface area contributed by atoms with Gasteiger partial charge in [-0.2, -0.15) is 0 Å². The SMILES string of the molecule is CCCc1nc(COc2cccc(C(C)NCC)c2)cs1. The Bertz CT molecular complexity index is 553. The average Bonchev–Trinajstić information content (AvgIpc) is 2.94. The summed E-state index contributed by atoms with van der Waals surface area (Å²) in [6.45, 7) is 7.96. The van der Waals surface area contributed by atoms with E-state index in [1.54, 1.807) is 11.3 Å². The maximum absolute atomic E-state index is 5.87. The van der Waals surface area contributed by atoms with E-state index in [1.165, 1.54) is 10.6 Å². The van der Waals surface area contributed by atoms with E-state index in [0.717, 1.165) is 30.8 Å². The van der Waals surface area contributed by atoms with Gasteiger partial charge in [0.05, 0.1) is 10.7 Å². The zero-order chi connectivity index (χ0) is 15.1. The van der Waals surface area contributed by atoms with E-state index >= 15 is 0 Å². The summed E-state index contributed by atoms with van der Waals surface area (Å²) in [6, 6.07) is 8.62. The third-order valence-electron chi connectivity index (χ3n) is 3.32. The Hall–Kier alpha value is -1.39. The van der Waals surface area contributed by atoms with E-state index in [-0.39, 0.29) is 0 Å². The number of aromatic nitrogens is 1. The van der Waals surface area contributed by atoms with Crippen LogP contribution in [0.5, 0.6) is 5.75 Å². The van der Waals surface area contributed by atoms with E-state index in [1.807, 2.05) is 12.1 Å². The fraction of sp³-hybridized carbons (Fsp3) is 0.471. The molecule has 0 aliphatic rings. The number of aryl methyl sites for hydroxylation is 1. The molecule has 0 radical (unpaired) electrons. The number of hydrogen-bond donors (Lipinski definition) is 1. The van der Waals surface area contributed by atoms with Crippen LogP contribution in [-0.2, 0) is 13.0 Å². The van der Waals surface area contributed by atoms with Gasteiger partial charge >= 0.3 is 0 Å². The van der Waals surface area contributed by atoms with Gasteiger partial charge in [0.25, 0.3) is 0 Å². The molecule has 3 nitrogen and oxygen atoms in total. The summed E-state index contributed by atoms with van der Waals surface area (Å²) < 4.78 is 5.87. The van der Waals surface area contributed by atoms with Crippen molar-refractivity contribution in [2.75, 3.05) is 6.54 Å². The van der Waals surface area contributed by atoms with Crippen LogP contribution < -0.4 is 10.1 Å². The van der Waals surface area contributed by atoms with Crippen LogP contribution in [0.3, 0.4) is 0 Å². The van der Waals surface area contributed by atoms with E-state index in [4.69, 9.17) is 4.74 Å². The van der Waals surface area contributed by atoms with Crippen LogP contribution >= 0.6 is 11.3 Å². The van der Waals surface area contributed by atoms with E-state index in [0.29, 0.717) is 12.6 Å². The zero-order valence-electron chi connectivity index (χ0n) is 13.1. The lowest BCUT2D eigenvalue weighted by atomic mass is 10.1. The van der Waals surface area contributed by atoms with Crippen molar-refractivity contribution in [3.05, 3.63) is 45.9 Å². The third-order valence-corrected chi connectivity index (χ3v) is 4.28. The van der Waals surface area contributed by atoms with Gasteiger partial charge in [-0.1, -0.05) is 26.0 Å². The van der Waals surface area contributed by atoms with Gasteiger partial charge < -0.3 is 10.1 Å². The summed E-state index contributed by atoms with van der Waals surface area (Å²) in [5, 5.41) is 6.71. The average molecular weight is 304 g/mol. The minimum Gasteiger partial charge on any atom is -0.487 e. The molecular formula is C17H24N2OS. The predicted molar refractivity (Wildman–Crippen MR) is 89.0 cm³/mol. The lowest BCUT2D eigenvalue weighted by Gasteiger charge is -2.14. The molecule has 2 aromatic rings. The molecule has 1 aromatic carbocycles. The third kappa shape index (κ3) is 4.83. The Balaban J connectivity index is 1.94. The highest BCUT2D eigenvalue weighted by Crippen LogP contribution is 2.20. The summed E-state index contributed by atoms with van der Waals surface area (Å²) in [4.78, 5) is 4.58. The molecule has 1 N–H and O–H groups in total. The molecule has 1 heterocycles. The van der Waals surface area contributed by atoms with Crippen LogP contribution in [-0.4, -0.2) is 11.5 Å². The number of nitrogens with one attached hydrogen (secondary N) is 1. The van der Waals surface area contributed by atoms with Gasteiger partial charge in [-0.3, -0.25) is 0 Å². The van der Waals surface area contributed by atoms with Gasteiger partial charge in [-0.25, -0.2) is 4.98 Å². The number of benzene rings is 1. The molecule has 0 saturated heterocycles. The first-order chi connectivity index (χ1) is 10.2. The van der Waals surface area contributed by atoms with Gasteiger partial charge in [-0.15, -0.1) is 11.3 Å². The Morgan fingerprint density at radius 1 is 1.33 bits per heavy atom. The van der Waals surface area contributed by atoms with E-state index in [2.05, 4.69) is 48.6 Å². The summed E-state index contributed by atoms with van der Waals surface area (Å²) in [6.07, 6.45) is 2.19. The molecule has 0 bridgehead atoms. The molecule has 0 saturated carbocycles. The number of nitrogens with zero attached hydrogens (tertiary/aromatic N) is 1. The van der Waals surface area contributed by atoms with Crippen molar-refractivity contribution in [3.63, 3.8) is 0 Å². The van der Waals surface area contributed by atoms with Crippen LogP contribution in [0.25, 0.3) is 0 Å². The number of rotatable bonds is 8. The lowest BCUT2D eigenvalue weighted by molar-refractivity contribution is 0.301. The minimum atomic E-state index is 0.342. The lowest BCUT2D eigenvalue weighted by Crippen LogP contribution is -2.17. The second-order valence-electron chi connectivity index (χ2n) is 5.12. The minimum absolute atomic E-state index is 0.342. The second-order valence-corrected chi connectivity index (χ2v) is 6.07. The van der Waals surface area contributed by atoms with Crippen LogP contribution in [0.1, 0.15) is 49.5 Å². The normalized spacial score (nSPS) is 12.3. The zero-order valence-corrected chi connectivity index (χ0v) is 13.9. The Kier molecular flexibility index (Phi) is 6.21. The molecule has 0 fully saturated rings. The number of hydrogen-bond acceptors (Lipinski definition) is 4.